The van der Waals surface area contributed by atoms with Crippen molar-refractivity contribution in [3.05, 3.63) is 53.1 Å². The van der Waals surface area contributed by atoms with Crippen molar-refractivity contribution in [1.29, 1.82) is 0 Å². The molecule has 0 unspecified atom stereocenters. The zero-order chi connectivity index (χ0) is 20.4. The van der Waals surface area contributed by atoms with Gasteiger partial charge in [0, 0.05) is 26.2 Å². The number of aromatic nitrogens is 6. The van der Waals surface area contributed by atoms with Gasteiger partial charge in [-0.3, -0.25) is 9.59 Å². The van der Waals surface area contributed by atoms with Gasteiger partial charge in [-0.1, -0.05) is 29.8 Å². The van der Waals surface area contributed by atoms with E-state index in [0.717, 1.165) is 5.69 Å². The zero-order valence-electron chi connectivity index (χ0n) is 15.8. The molecule has 150 valence electrons. The number of aryl methyl sites for hydroxylation is 1. The smallest absolute Gasteiger partial charge is 0.259 e. The number of nitrogens with zero attached hydrogens (tertiary/aromatic N) is 8. The molecule has 0 atom stereocenters. The van der Waals surface area contributed by atoms with Crippen LogP contribution < -0.4 is 0 Å². The SMILES string of the molecule is Cc1nn(-c2ccccc2)c(Cl)c1C(=O)N1CCN(C(=O)Cn2cnnn2)CC1. The predicted molar refractivity (Wildman–Crippen MR) is 104 cm³/mol. The Labute approximate surface area is 171 Å². The van der Waals surface area contributed by atoms with Gasteiger partial charge in [0.05, 0.1) is 16.9 Å². The van der Waals surface area contributed by atoms with Gasteiger partial charge in [-0.25, -0.2) is 9.36 Å². The quantitative estimate of drug-likeness (QED) is 0.626. The molecule has 0 aliphatic carbocycles. The highest BCUT2D eigenvalue weighted by molar-refractivity contribution is 6.33. The molecule has 0 N–H and O–H groups in total. The normalized spacial score (nSPS) is 14.3. The highest BCUT2D eigenvalue weighted by atomic mass is 35.5. The zero-order valence-corrected chi connectivity index (χ0v) is 16.5. The number of carbonyl (C=O) groups is 2. The maximum atomic E-state index is 13.1. The van der Waals surface area contributed by atoms with E-state index in [2.05, 4.69) is 20.6 Å². The molecular formula is C18H19ClN8O2. The molecule has 2 aromatic heterocycles. The number of hydrogen-bond donors (Lipinski definition) is 0. The van der Waals surface area contributed by atoms with Gasteiger partial charge in [0.15, 0.2) is 0 Å². The Hall–Kier alpha value is -3.27. The van der Waals surface area contributed by atoms with E-state index in [0.29, 0.717) is 37.4 Å². The van der Waals surface area contributed by atoms with E-state index >= 15 is 0 Å². The molecule has 3 aromatic rings. The Kier molecular flexibility index (Phi) is 5.26. The third-order valence-electron chi connectivity index (χ3n) is 4.83. The molecule has 1 fully saturated rings. The Morgan fingerprint density at radius 3 is 2.41 bits per heavy atom. The van der Waals surface area contributed by atoms with Gasteiger partial charge >= 0.3 is 0 Å². The molecule has 2 amide bonds. The fourth-order valence-electron chi connectivity index (χ4n) is 3.29. The minimum atomic E-state index is -0.178. The van der Waals surface area contributed by atoms with Gasteiger partial charge in [0.1, 0.15) is 18.0 Å². The summed E-state index contributed by atoms with van der Waals surface area (Å²) in [7, 11) is 0. The number of hydrogen-bond acceptors (Lipinski definition) is 6. The number of tetrazole rings is 1. The van der Waals surface area contributed by atoms with Crippen LogP contribution in [0.15, 0.2) is 36.7 Å². The van der Waals surface area contributed by atoms with E-state index in [1.165, 1.54) is 11.0 Å². The maximum absolute atomic E-state index is 13.1. The van der Waals surface area contributed by atoms with Crippen LogP contribution in [0.25, 0.3) is 5.69 Å². The average molecular weight is 415 g/mol. The van der Waals surface area contributed by atoms with Crippen molar-refractivity contribution in [2.45, 2.75) is 13.5 Å². The lowest BCUT2D eigenvalue weighted by Crippen LogP contribution is -2.51. The minimum Gasteiger partial charge on any atom is -0.338 e. The van der Waals surface area contributed by atoms with E-state index in [1.807, 2.05) is 30.3 Å². The first-order valence-electron chi connectivity index (χ1n) is 9.13. The van der Waals surface area contributed by atoms with Crippen LogP contribution in [0, 0.1) is 6.92 Å². The predicted octanol–water partition coefficient (Wildman–Crippen LogP) is 0.805. The third-order valence-corrected chi connectivity index (χ3v) is 5.18. The number of halogens is 1. The van der Waals surface area contributed by atoms with Gasteiger partial charge in [0.25, 0.3) is 5.91 Å². The van der Waals surface area contributed by atoms with Crippen LogP contribution >= 0.6 is 11.6 Å². The summed E-state index contributed by atoms with van der Waals surface area (Å²) in [4.78, 5) is 28.8. The number of piperazine rings is 1. The summed E-state index contributed by atoms with van der Waals surface area (Å²) in [6.07, 6.45) is 1.40. The molecular weight excluding hydrogens is 396 g/mol. The standard InChI is InChI=1S/C18H19ClN8O2/c1-13-16(17(19)27(21-13)14-5-3-2-4-6-14)18(29)25-9-7-24(8-10-25)15(28)11-26-12-20-22-23-26/h2-6,12H,7-11H2,1H3. The molecule has 0 bridgehead atoms. The summed E-state index contributed by atoms with van der Waals surface area (Å²) >= 11 is 6.50. The number of amides is 2. The van der Waals surface area contributed by atoms with Crippen molar-refractivity contribution in [2.24, 2.45) is 0 Å². The fraction of sp³-hybridized carbons (Fsp3) is 0.333. The second-order valence-corrected chi connectivity index (χ2v) is 7.04. The summed E-state index contributed by atoms with van der Waals surface area (Å²) < 4.78 is 2.94. The van der Waals surface area contributed by atoms with Crippen LogP contribution in [0.2, 0.25) is 5.15 Å². The van der Waals surface area contributed by atoms with Crippen molar-refractivity contribution in [3.8, 4) is 5.69 Å². The van der Waals surface area contributed by atoms with Crippen molar-refractivity contribution in [2.75, 3.05) is 26.2 Å². The van der Waals surface area contributed by atoms with E-state index in [1.54, 1.807) is 21.4 Å². The summed E-state index contributed by atoms with van der Waals surface area (Å²) in [5.41, 5.74) is 1.75. The summed E-state index contributed by atoms with van der Waals surface area (Å²) in [6.45, 7) is 3.57. The largest absolute Gasteiger partial charge is 0.338 e. The number of carbonyl (C=O) groups excluding carboxylic acids is 2. The van der Waals surface area contributed by atoms with E-state index < -0.39 is 0 Å². The molecule has 1 saturated heterocycles. The molecule has 11 heteroatoms. The van der Waals surface area contributed by atoms with Gasteiger partial charge in [-0.2, -0.15) is 5.10 Å². The molecule has 1 aliphatic rings. The lowest BCUT2D eigenvalue weighted by atomic mass is 10.2. The van der Waals surface area contributed by atoms with Crippen molar-refractivity contribution >= 4 is 23.4 Å². The highest BCUT2D eigenvalue weighted by Crippen LogP contribution is 2.25. The van der Waals surface area contributed by atoms with Gasteiger partial charge in [0.2, 0.25) is 5.91 Å². The minimum absolute atomic E-state index is 0.0791. The molecule has 0 saturated carbocycles. The molecule has 1 aromatic carbocycles. The summed E-state index contributed by atoms with van der Waals surface area (Å²) in [5.74, 6) is -0.266. The second-order valence-electron chi connectivity index (χ2n) is 6.68. The second kappa shape index (κ2) is 8.00. The number of benzene rings is 1. The molecule has 4 rings (SSSR count). The van der Waals surface area contributed by atoms with Crippen molar-refractivity contribution in [3.63, 3.8) is 0 Å². The molecule has 3 heterocycles. The molecule has 10 nitrogen and oxygen atoms in total. The van der Waals surface area contributed by atoms with E-state index in [9.17, 15) is 9.59 Å². The third kappa shape index (κ3) is 3.83. The lowest BCUT2D eigenvalue weighted by Gasteiger charge is -2.34. The van der Waals surface area contributed by atoms with Crippen LogP contribution in [0.1, 0.15) is 16.1 Å². The van der Waals surface area contributed by atoms with Crippen LogP contribution in [0.4, 0.5) is 0 Å². The Balaban J connectivity index is 1.44. The van der Waals surface area contributed by atoms with Crippen LogP contribution in [0.3, 0.4) is 0 Å². The van der Waals surface area contributed by atoms with Crippen molar-refractivity contribution < 1.29 is 9.59 Å². The highest BCUT2D eigenvalue weighted by Gasteiger charge is 2.29. The van der Waals surface area contributed by atoms with Crippen molar-refractivity contribution in [1.82, 2.24) is 39.8 Å². The van der Waals surface area contributed by atoms with Crippen LogP contribution in [-0.2, 0) is 11.3 Å². The molecule has 1 aliphatic heterocycles. The molecule has 29 heavy (non-hydrogen) atoms. The van der Waals surface area contributed by atoms with E-state index in [4.69, 9.17) is 11.6 Å². The van der Waals surface area contributed by atoms with E-state index in [-0.39, 0.29) is 23.5 Å². The lowest BCUT2D eigenvalue weighted by molar-refractivity contribution is -0.133. The number of para-hydroxylation sites is 1. The average Bonchev–Trinajstić information content (AvgIpc) is 3.35. The van der Waals surface area contributed by atoms with Crippen LogP contribution in [0.5, 0.6) is 0 Å². The Bertz CT molecular complexity index is 1010. The first-order chi connectivity index (χ1) is 14.0. The first-order valence-corrected chi connectivity index (χ1v) is 9.51. The first kappa shape index (κ1) is 19.1. The van der Waals surface area contributed by atoms with Gasteiger partial charge in [-0.05, 0) is 29.5 Å². The molecule has 0 spiro atoms. The molecule has 0 radical (unpaired) electrons. The monoisotopic (exact) mass is 414 g/mol. The Morgan fingerprint density at radius 2 is 1.76 bits per heavy atom. The maximum Gasteiger partial charge on any atom is 0.259 e. The fourth-order valence-corrected chi connectivity index (χ4v) is 3.64. The number of rotatable bonds is 4. The summed E-state index contributed by atoms with van der Waals surface area (Å²) in [6, 6.07) is 9.43. The van der Waals surface area contributed by atoms with Gasteiger partial charge < -0.3 is 9.80 Å². The van der Waals surface area contributed by atoms with Crippen LogP contribution in [-0.4, -0.2) is 77.8 Å². The van der Waals surface area contributed by atoms with Gasteiger partial charge in [-0.15, -0.1) is 5.10 Å². The summed E-state index contributed by atoms with van der Waals surface area (Å²) in [5, 5.41) is 15.5. The topological polar surface area (TPSA) is 102 Å². The Morgan fingerprint density at radius 1 is 1.07 bits per heavy atom.